The average molecular weight is 264 g/mol. The van der Waals surface area contributed by atoms with Crippen LogP contribution in [-0.2, 0) is 4.74 Å². The summed E-state index contributed by atoms with van der Waals surface area (Å²) in [6.07, 6.45) is 5.62. The monoisotopic (exact) mass is 264 g/mol. The average Bonchev–Trinajstić information content (AvgIpc) is 3.15. The zero-order valence-corrected chi connectivity index (χ0v) is 12.1. The second-order valence-electron chi connectivity index (χ2n) is 5.61. The van der Waals surface area contributed by atoms with Crippen LogP contribution in [-0.4, -0.2) is 31.3 Å². The first-order chi connectivity index (χ1) is 9.15. The van der Waals surface area contributed by atoms with Crippen LogP contribution in [0.4, 0.5) is 5.82 Å². The van der Waals surface area contributed by atoms with Crippen molar-refractivity contribution in [1.82, 2.24) is 4.98 Å². The summed E-state index contributed by atoms with van der Waals surface area (Å²) >= 11 is 0. The van der Waals surface area contributed by atoms with Crippen molar-refractivity contribution in [3.8, 4) is 5.75 Å². The maximum atomic E-state index is 5.76. The lowest BCUT2D eigenvalue weighted by Gasteiger charge is -2.18. The largest absolute Gasteiger partial charge is 0.487 e. The van der Waals surface area contributed by atoms with Gasteiger partial charge in [-0.15, -0.1) is 0 Å². The molecule has 0 amide bonds. The maximum absolute atomic E-state index is 5.76. The summed E-state index contributed by atoms with van der Waals surface area (Å²) in [5, 5.41) is 3.44. The number of hydrogen-bond donors (Lipinski definition) is 1. The van der Waals surface area contributed by atoms with Crippen molar-refractivity contribution < 1.29 is 9.47 Å². The Bertz CT molecular complexity index is 403. The third kappa shape index (κ3) is 4.10. The first-order valence-corrected chi connectivity index (χ1v) is 7.00. The third-order valence-electron chi connectivity index (χ3n) is 3.56. The zero-order chi connectivity index (χ0) is 13.7. The van der Waals surface area contributed by atoms with E-state index in [-0.39, 0.29) is 6.10 Å². The molecule has 19 heavy (non-hydrogen) atoms. The van der Waals surface area contributed by atoms with E-state index < -0.39 is 0 Å². The SMILES string of the molecule is COCCC1(CNc2ncccc2OC(C)C)CC1. The molecule has 1 aliphatic rings. The molecule has 2 rings (SSSR count). The Kier molecular flexibility index (Phi) is 4.64. The molecule has 0 saturated heterocycles. The number of hydrogen-bond acceptors (Lipinski definition) is 4. The molecule has 4 nitrogen and oxygen atoms in total. The predicted octanol–water partition coefficient (Wildman–Crippen LogP) is 3.10. The molecular weight excluding hydrogens is 240 g/mol. The molecule has 1 fully saturated rings. The minimum Gasteiger partial charge on any atom is -0.487 e. The maximum Gasteiger partial charge on any atom is 0.168 e. The second kappa shape index (κ2) is 6.24. The quantitative estimate of drug-likeness (QED) is 0.783. The summed E-state index contributed by atoms with van der Waals surface area (Å²) in [7, 11) is 1.76. The minimum absolute atomic E-state index is 0.160. The lowest BCUT2D eigenvalue weighted by molar-refractivity contribution is 0.174. The summed E-state index contributed by atoms with van der Waals surface area (Å²) in [5.41, 5.74) is 0.405. The van der Waals surface area contributed by atoms with E-state index in [1.807, 2.05) is 26.0 Å². The fourth-order valence-electron chi connectivity index (χ4n) is 2.15. The Balaban J connectivity index is 1.92. The molecule has 1 aromatic heterocycles. The molecule has 1 aromatic rings. The highest BCUT2D eigenvalue weighted by Crippen LogP contribution is 2.48. The van der Waals surface area contributed by atoms with Crippen molar-refractivity contribution in [2.45, 2.75) is 39.2 Å². The van der Waals surface area contributed by atoms with Gasteiger partial charge in [-0.05, 0) is 50.7 Å². The summed E-state index contributed by atoms with van der Waals surface area (Å²) in [4.78, 5) is 4.38. The van der Waals surface area contributed by atoms with E-state index in [9.17, 15) is 0 Å². The number of pyridine rings is 1. The molecule has 0 spiro atoms. The van der Waals surface area contributed by atoms with Crippen LogP contribution >= 0.6 is 0 Å². The lowest BCUT2D eigenvalue weighted by Crippen LogP contribution is -2.19. The normalized spacial score (nSPS) is 16.4. The van der Waals surface area contributed by atoms with Gasteiger partial charge in [-0.3, -0.25) is 0 Å². The Hall–Kier alpha value is -1.29. The summed E-state index contributed by atoms with van der Waals surface area (Å²) in [6, 6.07) is 3.87. The smallest absolute Gasteiger partial charge is 0.168 e. The predicted molar refractivity (Wildman–Crippen MR) is 76.7 cm³/mol. The van der Waals surface area contributed by atoms with Crippen molar-refractivity contribution >= 4 is 5.82 Å². The van der Waals surface area contributed by atoms with Gasteiger partial charge < -0.3 is 14.8 Å². The molecule has 0 unspecified atom stereocenters. The summed E-state index contributed by atoms with van der Waals surface area (Å²) < 4.78 is 10.9. The van der Waals surface area contributed by atoms with Gasteiger partial charge in [-0.1, -0.05) is 0 Å². The van der Waals surface area contributed by atoms with E-state index in [1.165, 1.54) is 12.8 Å². The molecule has 1 heterocycles. The highest BCUT2D eigenvalue weighted by molar-refractivity contribution is 5.49. The zero-order valence-electron chi connectivity index (χ0n) is 12.1. The lowest BCUT2D eigenvalue weighted by atomic mass is 10.0. The number of methoxy groups -OCH3 is 1. The van der Waals surface area contributed by atoms with Crippen molar-refractivity contribution in [3.63, 3.8) is 0 Å². The molecule has 0 aromatic carbocycles. The molecule has 0 aliphatic heterocycles. The number of nitrogens with one attached hydrogen (secondary N) is 1. The van der Waals surface area contributed by atoms with Crippen molar-refractivity contribution in [1.29, 1.82) is 0 Å². The molecule has 1 N–H and O–H groups in total. The van der Waals surface area contributed by atoms with Crippen molar-refractivity contribution in [2.24, 2.45) is 5.41 Å². The van der Waals surface area contributed by atoms with Crippen LogP contribution in [0.15, 0.2) is 18.3 Å². The van der Waals surface area contributed by atoms with Gasteiger partial charge in [0, 0.05) is 26.5 Å². The molecule has 1 saturated carbocycles. The van der Waals surface area contributed by atoms with Crippen LogP contribution < -0.4 is 10.1 Å². The summed E-state index contributed by atoms with van der Waals surface area (Å²) in [6.45, 7) is 5.83. The number of nitrogens with zero attached hydrogens (tertiary/aromatic N) is 1. The molecule has 106 valence electrons. The van der Waals surface area contributed by atoms with Gasteiger partial charge in [0.05, 0.1) is 6.10 Å². The minimum atomic E-state index is 0.160. The number of ether oxygens (including phenoxy) is 2. The van der Waals surface area contributed by atoms with E-state index in [0.717, 1.165) is 31.1 Å². The van der Waals surface area contributed by atoms with Gasteiger partial charge >= 0.3 is 0 Å². The molecule has 0 radical (unpaired) electrons. The van der Waals surface area contributed by atoms with Gasteiger partial charge in [-0.25, -0.2) is 4.98 Å². The second-order valence-corrected chi connectivity index (χ2v) is 5.61. The highest BCUT2D eigenvalue weighted by Gasteiger charge is 2.41. The first kappa shape index (κ1) is 14.1. The summed E-state index contributed by atoms with van der Waals surface area (Å²) in [5.74, 6) is 1.68. The Morgan fingerprint density at radius 2 is 2.21 bits per heavy atom. The Morgan fingerprint density at radius 1 is 1.42 bits per heavy atom. The van der Waals surface area contributed by atoms with Crippen LogP contribution in [0, 0.1) is 5.41 Å². The third-order valence-corrected chi connectivity index (χ3v) is 3.56. The first-order valence-electron chi connectivity index (χ1n) is 7.00. The standard InChI is InChI=1S/C15H24N2O2/c1-12(2)19-13-5-4-9-16-14(13)17-11-15(6-7-15)8-10-18-3/h4-5,9,12H,6-8,10-11H2,1-3H3,(H,16,17). The van der Waals surface area contributed by atoms with Gasteiger partial charge in [-0.2, -0.15) is 0 Å². The van der Waals surface area contributed by atoms with E-state index in [4.69, 9.17) is 9.47 Å². The van der Waals surface area contributed by atoms with Crippen LogP contribution in [0.5, 0.6) is 5.75 Å². The van der Waals surface area contributed by atoms with E-state index in [0.29, 0.717) is 5.41 Å². The van der Waals surface area contributed by atoms with Gasteiger partial charge in [0.25, 0.3) is 0 Å². The van der Waals surface area contributed by atoms with E-state index in [1.54, 1.807) is 13.3 Å². The Morgan fingerprint density at radius 3 is 2.84 bits per heavy atom. The van der Waals surface area contributed by atoms with Crippen LogP contribution in [0.1, 0.15) is 33.1 Å². The fourth-order valence-corrected chi connectivity index (χ4v) is 2.15. The molecule has 1 aliphatic carbocycles. The van der Waals surface area contributed by atoms with Crippen LogP contribution in [0.2, 0.25) is 0 Å². The number of anilines is 1. The molecule has 4 heteroatoms. The van der Waals surface area contributed by atoms with E-state index in [2.05, 4.69) is 10.3 Å². The van der Waals surface area contributed by atoms with Gasteiger partial charge in [0.1, 0.15) is 0 Å². The van der Waals surface area contributed by atoms with Crippen LogP contribution in [0.25, 0.3) is 0 Å². The van der Waals surface area contributed by atoms with Gasteiger partial charge in [0.15, 0.2) is 11.6 Å². The van der Waals surface area contributed by atoms with E-state index >= 15 is 0 Å². The molecular formula is C15H24N2O2. The molecule has 0 atom stereocenters. The number of rotatable bonds is 8. The number of aromatic nitrogens is 1. The fraction of sp³-hybridized carbons (Fsp3) is 0.667. The topological polar surface area (TPSA) is 43.4 Å². The van der Waals surface area contributed by atoms with Crippen LogP contribution in [0.3, 0.4) is 0 Å². The highest BCUT2D eigenvalue weighted by atomic mass is 16.5. The van der Waals surface area contributed by atoms with Crippen molar-refractivity contribution in [2.75, 3.05) is 25.6 Å². The Labute approximate surface area is 115 Å². The molecule has 0 bridgehead atoms. The van der Waals surface area contributed by atoms with Gasteiger partial charge in [0.2, 0.25) is 0 Å². The van der Waals surface area contributed by atoms with Crippen molar-refractivity contribution in [3.05, 3.63) is 18.3 Å².